The van der Waals surface area contributed by atoms with Gasteiger partial charge in [0, 0.05) is 6.42 Å². The van der Waals surface area contributed by atoms with E-state index in [4.69, 9.17) is 28.4 Å². The molecule has 16 saturated carbocycles. The average Bonchev–Trinajstić information content (AvgIpc) is 0.766. The van der Waals surface area contributed by atoms with E-state index in [1.54, 1.807) is 6.92 Å². The first-order valence-electron chi connectivity index (χ1n) is 35.2. The first kappa shape index (κ1) is 67.2. The summed E-state index contributed by atoms with van der Waals surface area (Å²) >= 11 is 0. The molecule has 0 amide bonds. The zero-order valence-corrected chi connectivity index (χ0v) is 56.4. The van der Waals surface area contributed by atoms with Crippen molar-refractivity contribution in [2.24, 2.45) is 111 Å². The Labute approximate surface area is 518 Å². The van der Waals surface area contributed by atoms with Gasteiger partial charge in [-0.3, -0.25) is 19.2 Å². The smallest absolute Gasteiger partial charge is 0.344 e. The summed E-state index contributed by atoms with van der Waals surface area (Å²) in [6.07, 6.45) is 29.0. The maximum Gasteiger partial charge on any atom is 0.344 e. The van der Waals surface area contributed by atoms with Gasteiger partial charge in [0.25, 0.3) is 0 Å². The standard InChI is InChI=1S/C20H30O6.C19H32O2.C18H30O2.C16H26O3/c1-4-12(2)19(23)25-10-17(21)24-11-18(22)26-20(3)15-6-13-5-14(8-15)9-16(20)7-13;1-6-18(4,5)17(20)21-19(12(2)3)15-8-13-7-14(10-15)11-16(19)9-13;1-5-17(3,4)16(19)20-18(6-2)14-8-12-7-13(10-14)11-15(18)9-12;1-4-14(2,3)13(17)19-16-8-11-5-12(9-16)7-15(18,6-11)10-16/h12-16H,4-11H2,1-3H3;12-16H,6-11H2,1-5H3;12-15H,5-11H2,1-4H3;11-12,18H,4-10H2,1-3H3. The Morgan fingerprint density at radius 1 is 0.453 bits per heavy atom. The first-order chi connectivity index (χ1) is 40.3. The Morgan fingerprint density at radius 3 is 1.21 bits per heavy atom. The van der Waals surface area contributed by atoms with Gasteiger partial charge in [-0.05, 0) is 298 Å². The highest BCUT2D eigenvalue weighted by atomic mass is 16.6. The van der Waals surface area contributed by atoms with E-state index < -0.39 is 47.7 Å². The number of aliphatic hydroxyl groups is 1. The van der Waals surface area contributed by atoms with E-state index in [1.807, 2.05) is 62.3 Å². The second kappa shape index (κ2) is 25.5. The van der Waals surface area contributed by atoms with Gasteiger partial charge < -0.3 is 33.5 Å². The summed E-state index contributed by atoms with van der Waals surface area (Å²) in [5.74, 6) is 8.23. The third-order valence-corrected chi connectivity index (χ3v) is 26.3. The molecule has 13 nitrogen and oxygen atoms in total. The quantitative estimate of drug-likeness (QED) is 0.101. The Bertz CT molecular complexity index is 2350. The molecule has 0 spiro atoms. The van der Waals surface area contributed by atoms with Crippen LogP contribution >= 0.6 is 0 Å². The van der Waals surface area contributed by atoms with E-state index in [0.717, 1.165) is 113 Å². The molecule has 3 unspecified atom stereocenters. The fraction of sp³-hybridized carbons (Fsp3) is 0.918. The van der Waals surface area contributed by atoms with Crippen LogP contribution in [0.2, 0.25) is 0 Å². The number of hydrogen-bond acceptors (Lipinski definition) is 13. The summed E-state index contributed by atoms with van der Waals surface area (Å²) in [6.45, 7) is 29.7. The lowest BCUT2D eigenvalue weighted by atomic mass is 9.47. The van der Waals surface area contributed by atoms with Crippen molar-refractivity contribution in [3.8, 4) is 0 Å². The van der Waals surface area contributed by atoms with Gasteiger partial charge in [-0.1, -0.05) is 55.4 Å². The topological polar surface area (TPSA) is 178 Å². The molecular weight excluding hydrogens is 1080 g/mol. The third kappa shape index (κ3) is 13.6. The van der Waals surface area contributed by atoms with Crippen LogP contribution in [0, 0.1) is 111 Å². The van der Waals surface area contributed by atoms with Crippen molar-refractivity contribution in [1.29, 1.82) is 0 Å². The first-order valence-corrected chi connectivity index (χ1v) is 35.2. The molecule has 0 aromatic carbocycles. The van der Waals surface area contributed by atoms with Gasteiger partial charge in [0.1, 0.15) is 22.4 Å². The predicted molar refractivity (Wildman–Crippen MR) is 330 cm³/mol. The van der Waals surface area contributed by atoms with Crippen molar-refractivity contribution in [3.63, 3.8) is 0 Å². The number of esters is 6. The number of ether oxygens (including phenoxy) is 6. The molecule has 0 aliphatic heterocycles. The second-order valence-electron chi connectivity index (χ2n) is 33.7. The summed E-state index contributed by atoms with van der Waals surface area (Å²) < 4.78 is 34.3. The molecule has 0 heterocycles. The zero-order valence-electron chi connectivity index (χ0n) is 56.4. The van der Waals surface area contributed by atoms with E-state index >= 15 is 0 Å². The van der Waals surface area contributed by atoms with E-state index in [1.165, 1.54) is 77.0 Å². The lowest BCUT2D eigenvalue weighted by Crippen LogP contribution is -2.63. The molecule has 488 valence electrons. The van der Waals surface area contributed by atoms with Crippen LogP contribution in [0.5, 0.6) is 0 Å². The third-order valence-electron chi connectivity index (χ3n) is 26.3. The van der Waals surface area contributed by atoms with Crippen molar-refractivity contribution < 1.29 is 62.3 Å². The maximum absolute atomic E-state index is 12.8. The molecule has 13 heteroatoms. The minimum absolute atomic E-state index is 0.0335. The SMILES string of the molecule is CCC(C)(C)C(=O)OC1(C(C)C)C2CC3CC(C2)CC1C3.CCC(C)(C)C(=O)OC1(CC)C2CC3CC(C2)CC1C3.CCC(C)(C)C(=O)OC12CC3CC(CC(O)(C3)C1)C2.CCC(C)C(=O)OCC(=O)OCC(=O)OC1(C)C2CC3CC(C2)CC1C3. The number of hydrogen-bond donors (Lipinski definition) is 1. The molecule has 0 radical (unpaired) electrons. The highest BCUT2D eigenvalue weighted by Crippen LogP contribution is 2.65. The molecule has 16 rings (SSSR count). The number of carbonyl (C=O) groups excluding carboxylic acids is 6. The highest BCUT2D eigenvalue weighted by molar-refractivity contribution is 5.80. The van der Waals surface area contributed by atoms with Crippen LogP contribution in [-0.2, 0) is 57.2 Å². The molecule has 0 aromatic heterocycles. The lowest BCUT2D eigenvalue weighted by molar-refractivity contribution is -0.231. The van der Waals surface area contributed by atoms with Crippen molar-refractivity contribution in [2.75, 3.05) is 13.2 Å². The van der Waals surface area contributed by atoms with Gasteiger partial charge in [0.05, 0.1) is 27.8 Å². The monoisotopic (exact) mass is 1200 g/mol. The van der Waals surface area contributed by atoms with Crippen LogP contribution in [0.1, 0.15) is 271 Å². The summed E-state index contributed by atoms with van der Waals surface area (Å²) in [5.41, 5.74) is -2.74. The molecule has 0 aromatic rings. The van der Waals surface area contributed by atoms with Gasteiger partial charge in [-0.2, -0.15) is 0 Å². The number of carbonyl (C=O) groups is 6. The summed E-state index contributed by atoms with van der Waals surface area (Å²) in [7, 11) is 0. The van der Waals surface area contributed by atoms with Gasteiger partial charge >= 0.3 is 35.8 Å². The van der Waals surface area contributed by atoms with Crippen molar-refractivity contribution in [3.05, 3.63) is 0 Å². The Hall–Kier alpha value is -3.22. The molecule has 16 fully saturated rings. The van der Waals surface area contributed by atoms with Crippen LogP contribution < -0.4 is 0 Å². The predicted octanol–water partition coefficient (Wildman–Crippen LogP) is 15.3. The average molecular weight is 1200 g/mol. The Kier molecular flexibility index (Phi) is 19.9. The minimum atomic E-state index is -0.728. The van der Waals surface area contributed by atoms with Gasteiger partial charge in [0.15, 0.2) is 13.2 Å². The van der Waals surface area contributed by atoms with Crippen molar-refractivity contribution in [1.82, 2.24) is 0 Å². The lowest BCUT2D eigenvalue weighted by Gasteiger charge is -2.62. The summed E-state index contributed by atoms with van der Waals surface area (Å²) in [4.78, 5) is 73.2. The van der Waals surface area contributed by atoms with Crippen molar-refractivity contribution in [2.45, 2.75) is 299 Å². The molecule has 16 aliphatic carbocycles. The molecule has 0 saturated heterocycles. The second-order valence-corrected chi connectivity index (χ2v) is 33.7. The van der Waals surface area contributed by atoms with Gasteiger partial charge in [0.2, 0.25) is 0 Å². The van der Waals surface area contributed by atoms with Crippen LogP contribution in [-0.4, -0.2) is 82.1 Å². The maximum atomic E-state index is 12.8. The molecule has 16 aliphatic rings. The van der Waals surface area contributed by atoms with E-state index in [2.05, 4.69) is 34.6 Å². The summed E-state index contributed by atoms with van der Waals surface area (Å²) in [6, 6.07) is 0. The van der Waals surface area contributed by atoms with Crippen LogP contribution in [0.15, 0.2) is 0 Å². The molecule has 86 heavy (non-hydrogen) atoms. The van der Waals surface area contributed by atoms with E-state index in [-0.39, 0.29) is 51.5 Å². The van der Waals surface area contributed by atoms with Crippen LogP contribution in [0.4, 0.5) is 0 Å². The molecule has 16 bridgehead atoms. The fourth-order valence-corrected chi connectivity index (χ4v) is 20.8. The Balaban J connectivity index is 0.000000138. The fourth-order valence-electron chi connectivity index (χ4n) is 20.8. The number of rotatable bonds is 18. The minimum Gasteiger partial charge on any atom is -0.459 e. The van der Waals surface area contributed by atoms with Gasteiger partial charge in [-0.15, -0.1) is 0 Å². The van der Waals surface area contributed by atoms with Crippen molar-refractivity contribution >= 4 is 35.8 Å². The van der Waals surface area contributed by atoms with E-state index in [0.29, 0.717) is 66.1 Å². The summed E-state index contributed by atoms with van der Waals surface area (Å²) in [5, 5.41) is 10.6. The van der Waals surface area contributed by atoms with E-state index in [9.17, 15) is 33.9 Å². The normalized spacial score (nSPS) is 40.7. The molecule has 1 N–H and O–H groups in total. The zero-order chi connectivity index (χ0) is 62.7. The molecule has 3 atom stereocenters. The van der Waals surface area contributed by atoms with Gasteiger partial charge in [-0.25, -0.2) is 9.59 Å². The van der Waals surface area contributed by atoms with Crippen LogP contribution in [0.25, 0.3) is 0 Å². The Morgan fingerprint density at radius 2 is 0.826 bits per heavy atom. The molecular formula is C73H118O13. The highest BCUT2D eigenvalue weighted by Gasteiger charge is 2.64. The largest absolute Gasteiger partial charge is 0.459 e. The van der Waals surface area contributed by atoms with Crippen LogP contribution in [0.3, 0.4) is 0 Å².